The van der Waals surface area contributed by atoms with Crippen molar-refractivity contribution in [2.75, 3.05) is 53.6 Å². The number of nitrogens with zero attached hydrogens (tertiary/aromatic N) is 3. The first kappa shape index (κ1) is 22.6. The second-order valence-corrected chi connectivity index (χ2v) is 8.18. The fraction of sp³-hybridized carbons (Fsp3) is 0.480. The number of nitrogens with one attached hydrogen (secondary N) is 1. The molecule has 0 radical (unpaired) electrons. The van der Waals surface area contributed by atoms with E-state index in [0.717, 1.165) is 50.1 Å². The van der Waals surface area contributed by atoms with Crippen molar-refractivity contribution in [3.05, 3.63) is 65.7 Å². The Bertz CT molecular complexity index is 877. The van der Waals surface area contributed by atoms with Crippen LogP contribution in [-0.4, -0.2) is 81.5 Å². The summed E-state index contributed by atoms with van der Waals surface area (Å²) in [5, 5.41) is 3.45. The van der Waals surface area contributed by atoms with E-state index in [0.29, 0.717) is 25.8 Å². The standard InChI is InChI=1S/C25H34N4O3/c1-26-25(27-12-14-31-19-21-10-6-7-11-23(21)30-2)29-17-22-24(18-29)32-15-13-28(22)16-20-8-4-3-5-9-20/h3-11,22,24H,12-19H2,1-2H3,(H,26,27). The van der Waals surface area contributed by atoms with Crippen LogP contribution in [-0.2, 0) is 22.6 Å². The lowest BCUT2D eigenvalue weighted by Crippen LogP contribution is -2.50. The number of fused-ring (bicyclic) bond motifs is 1. The molecule has 0 aromatic heterocycles. The van der Waals surface area contributed by atoms with Gasteiger partial charge in [0, 0.05) is 45.3 Å². The van der Waals surface area contributed by atoms with E-state index in [2.05, 4.69) is 50.4 Å². The van der Waals surface area contributed by atoms with Crippen molar-refractivity contribution in [2.45, 2.75) is 25.3 Å². The molecule has 2 aliphatic heterocycles. The van der Waals surface area contributed by atoms with Crippen LogP contribution in [0.2, 0.25) is 0 Å². The van der Waals surface area contributed by atoms with Crippen LogP contribution in [0.1, 0.15) is 11.1 Å². The largest absolute Gasteiger partial charge is 0.496 e. The van der Waals surface area contributed by atoms with E-state index in [9.17, 15) is 0 Å². The molecule has 0 amide bonds. The predicted molar refractivity (Wildman–Crippen MR) is 126 cm³/mol. The van der Waals surface area contributed by atoms with Crippen LogP contribution in [0.15, 0.2) is 59.6 Å². The van der Waals surface area contributed by atoms with Gasteiger partial charge in [-0.3, -0.25) is 9.89 Å². The molecule has 2 fully saturated rings. The highest BCUT2D eigenvalue weighted by molar-refractivity contribution is 5.80. The maximum atomic E-state index is 6.11. The summed E-state index contributed by atoms with van der Waals surface area (Å²) < 4.78 is 17.3. The average molecular weight is 439 g/mol. The van der Waals surface area contributed by atoms with Gasteiger partial charge in [0.15, 0.2) is 5.96 Å². The molecule has 4 rings (SSSR count). The summed E-state index contributed by atoms with van der Waals surface area (Å²) in [7, 11) is 3.52. The van der Waals surface area contributed by atoms with Crippen LogP contribution in [0.4, 0.5) is 0 Å². The molecule has 0 spiro atoms. The zero-order valence-electron chi connectivity index (χ0n) is 19.1. The van der Waals surface area contributed by atoms with Crippen molar-refractivity contribution in [3.8, 4) is 5.75 Å². The SMILES string of the molecule is CN=C(NCCOCc1ccccc1OC)N1CC2OCCN(Cc3ccccc3)C2C1. The normalized spacial score (nSPS) is 21.4. The summed E-state index contributed by atoms with van der Waals surface area (Å²) in [5.74, 6) is 1.76. The van der Waals surface area contributed by atoms with Crippen molar-refractivity contribution >= 4 is 5.96 Å². The summed E-state index contributed by atoms with van der Waals surface area (Å²) in [6.45, 7) is 6.30. The monoisotopic (exact) mass is 438 g/mol. The number of ether oxygens (including phenoxy) is 3. The number of para-hydroxylation sites is 1. The lowest BCUT2D eigenvalue weighted by atomic mass is 10.1. The Balaban J connectivity index is 1.25. The fourth-order valence-electron chi connectivity index (χ4n) is 4.52. The van der Waals surface area contributed by atoms with E-state index >= 15 is 0 Å². The quantitative estimate of drug-likeness (QED) is 0.388. The molecule has 0 aliphatic carbocycles. The van der Waals surface area contributed by atoms with Crippen LogP contribution in [0.3, 0.4) is 0 Å². The first-order valence-corrected chi connectivity index (χ1v) is 11.3. The molecule has 2 aliphatic rings. The molecule has 7 heteroatoms. The molecule has 2 atom stereocenters. The molecule has 2 aromatic carbocycles. The number of rotatable bonds is 8. The molecule has 2 heterocycles. The lowest BCUT2D eigenvalue weighted by Gasteiger charge is -2.36. The van der Waals surface area contributed by atoms with Gasteiger partial charge >= 0.3 is 0 Å². The maximum Gasteiger partial charge on any atom is 0.193 e. The van der Waals surface area contributed by atoms with E-state index in [4.69, 9.17) is 14.2 Å². The Hall–Kier alpha value is -2.61. The van der Waals surface area contributed by atoms with Crippen LogP contribution in [0.5, 0.6) is 5.75 Å². The number of morpholine rings is 1. The molecule has 2 saturated heterocycles. The summed E-state index contributed by atoms with van der Waals surface area (Å²) >= 11 is 0. The van der Waals surface area contributed by atoms with Gasteiger partial charge in [-0.25, -0.2) is 0 Å². The summed E-state index contributed by atoms with van der Waals surface area (Å²) in [6, 6.07) is 19.0. The number of aliphatic imine (C=N–C) groups is 1. The molecule has 7 nitrogen and oxygen atoms in total. The van der Waals surface area contributed by atoms with Gasteiger partial charge in [0.25, 0.3) is 0 Å². The third kappa shape index (κ3) is 5.59. The second kappa shape index (κ2) is 11.3. The van der Waals surface area contributed by atoms with Gasteiger partial charge in [-0.15, -0.1) is 0 Å². The van der Waals surface area contributed by atoms with Crippen LogP contribution in [0, 0.1) is 0 Å². The van der Waals surface area contributed by atoms with E-state index < -0.39 is 0 Å². The average Bonchev–Trinajstić information content (AvgIpc) is 3.27. The number of methoxy groups -OCH3 is 1. The third-order valence-electron chi connectivity index (χ3n) is 6.14. The summed E-state index contributed by atoms with van der Waals surface area (Å²) in [5.41, 5.74) is 2.40. The molecule has 32 heavy (non-hydrogen) atoms. The van der Waals surface area contributed by atoms with Crippen molar-refractivity contribution in [2.24, 2.45) is 4.99 Å². The molecule has 2 aromatic rings. The minimum absolute atomic E-state index is 0.216. The topological polar surface area (TPSA) is 58.6 Å². The van der Waals surface area contributed by atoms with Crippen molar-refractivity contribution in [1.82, 2.24) is 15.1 Å². The Kier molecular flexibility index (Phi) is 7.98. The molecule has 0 saturated carbocycles. The van der Waals surface area contributed by atoms with E-state index in [-0.39, 0.29) is 6.10 Å². The molecule has 1 N–H and O–H groups in total. The Morgan fingerprint density at radius 1 is 1.12 bits per heavy atom. The predicted octanol–water partition coefficient (Wildman–Crippen LogP) is 2.37. The van der Waals surface area contributed by atoms with E-state index in [1.54, 1.807) is 7.11 Å². The number of benzene rings is 2. The van der Waals surface area contributed by atoms with E-state index in [1.165, 1.54) is 5.56 Å². The minimum atomic E-state index is 0.216. The Morgan fingerprint density at radius 2 is 1.94 bits per heavy atom. The Labute approximate surface area is 191 Å². The number of hydrogen-bond donors (Lipinski definition) is 1. The smallest absolute Gasteiger partial charge is 0.193 e. The fourth-order valence-corrected chi connectivity index (χ4v) is 4.52. The highest BCUT2D eigenvalue weighted by atomic mass is 16.5. The van der Waals surface area contributed by atoms with Crippen molar-refractivity contribution in [1.29, 1.82) is 0 Å². The maximum absolute atomic E-state index is 6.11. The first-order valence-electron chi connectivity index (χ1n) is 11.3. The Morgan fingerprint density at radius 3 is 2.75 bits per heavy atom. The number of guanidine groups is 1. The minimum Gasteiger partial charge on any atom is -0.496 e. The summed E-state index contributed by atoms with van der Waals surface area (Å²) in [4.78, 5) is 9.36. The highest BCUT2D eigenvalue weighted by Crippen LogP contribution is 2.24. The van der Waals surface area contributed by atoms with Crippen molar-refractivity contribution < 1.29 is 14.2 Å². The molecular weight excluding hydrogens is 404 g/mol. The lowest BCUT2D eigenvalue weighted by molar-refractivity contribution is -0.0502. The number of hydrogen-bond acceptors (Lipinski definition) is 5. The van der Waals surface area contributed by atoms with Gasteiger partial charge in [0.2, 0.25) is 0 Å². The van der Waals surface area contributed by atoms with Crippen molar-refractivity contribution in [3.63, 3.8) is 0 Å². The van der Waals surface area contributed by atoms with E-state index in [1.807, 2.05) is 31.3 Å². The van der Waals surface area contributed by atoms with Gasteiger partial charge in [0.1, 0.15) is 5.75 Å². The van der Waals surface area contributed by atoms with Gasteiger partial charge in [0.05, 0.1) is 39.1 Å². The van der Waals surface area contributed by atoms with Gasteiger partial charge in [-0.2, -0.15) is 0 Å². The zero-order chi connectivity index (χ0) is 22.2. The third-order valence-corrected chi connectivity index (χ3v) is 6.14. The molecule has 2 unspecified atom stereocenters. The van der Waals surface area contributed by atoms with Gasteiger partial charge in [-0.1, -0.05) is 48.5 Å². The second-order valence-electron chi connectivity index (χ2n) is 8.18. The zero-order valence-corrected chi connectivity index (χ0v) is 19.1. The van der Waals surface area contributed by atoms with Gasteiger partial charge < -0.3 is 24.4 Å². The number of likely N-dealkylation sites (tertiary alicyclic amines) is 1. The highest BCUT2D eigenvalue weighted by Gasteiger charge is 2.41. The molecule has 0 bridgehead atoms. The summed E-state index contributed by atoms with van der Waals surface area (Å²) in [6.07, 6.45) is 0.216. The molecule has 172 valence electrons. The van der Waals surface area contributed by atoms with Crippen LogP contribution in [0.25, 0.3) is 0 Å². The van der Waals surface area contributed by atoms with Gasteiger partial charge in [-0.05, 0) is 11.6 Å². The molecular formula is C25H34N4O3. The van der Waals surface area contributed by atoms with Crippen LogP contribution < -0.4 is 10.1 Å². The van der Waals surface area contributed by atoms with Crippen LogP contribution >= 0.6 is 0 Å². The first-order chi connectivity index (χ1) is 15.8.